The van der Waals surface area contributed by atoms with Crippen LogP contribution < -0.4 is 10.2 Å². The average molecular weight is 393 g/mol. The molecule has 0 amide bonds. The van der Waals surface area contributed by atoms with Gasteiger partial charge in [-0.2, -0.15) is 10.2 Å². The van der Waals surface area contributed by atoms with E-state index in [4.69, 9.17) is 4.74 Å². The van der Waals surface area contributed by atoms with Crippen molar-refractivity contribution >= 4 is 12.0 Å². The Kier molecular flexibility index (Phi) is 6.94. The summed E-state index contributed by atoms with van der Waals surface area (Å²) in [5.74, 6) is 2.86. The predicted molar refractivity (Wildman–Crippen MR) is 116 cm³/mol. The molecule has 0 aliphatic rings. The second kappa shape index (κ2) is 9.82. The first-order chi connectivity index (χ1) is 14.0. The van der Waals surface area contributed by atoms with Gasteiger partial charge in [0.15, 0.2) is 11.6 Å². The normalized spacial score (nSPS) is 11.2. The third-order valence-electron chi connectivity index (χ3n) is 4.34. The van der Waals surface area contributed by atoms with Crippen LogP contribution in [0.4, 0.5) is 5.82 Å². The van der Waals surface area contributed by atoms with Gasteiger partial charge in [-0.1, -0.05) is 19.8 Å². The molecule has 0 aliphatic heterocycles. The predicted octanol–water partition coefficient (Wildman–Crippen LogP) is 4.60. The van der Waals surface area contributed by atoms with E-state index in [2.05, 4.69) is 32.5 Å². The highest BCUT2D eigenvalue weighted by Crippen LogP contribution is 2.15. The van der Waals surface area contributed by atoms with Crippen molar-refractivity contribution in [2.24, 2.45) is 5.10 Å². The number of hydrogen-bond donors (Lipinski definition) is 1. The number of hydrazone groups is 1. The Morgan fingerprint density at radius 2 is 1.86 bits per heavy atom. The summed E-state index contributed by atoms with van der Waals surface area (Å²) in [7, 11) is 0. The fraction of sp³-hybridized carbons (Fsp3) is 0.364. The van der Waals surface area contributed by atoms with Crippen molar-refractivity contribution in [2.45, 2.75) is 47.0 Å². The van der Waals surface area contributed by atoms with Gasteiger partial charge in [-0.05, 0) is 63.1 Å². The number of benzene rings is 1. The minimum absolute atomic E-state index is 0.618. The molecule has 7 heteroatoms. The maximum absolute atomic E-state index is 5.73. The van der Waals surface area contributed by atoms with Gasteiger partial charge in [0, 0.05) is 11.8 Å². The molecule has 0 spiro atoms. The summed E-state index contributed by atoms with van der Waals surface area (Å²) in [4.78, 5) is 8.87. The first-order valence-corrected chi connectivity index (χ1v) is 9.96. The molecule has 1 N–H and O–H groups in total. The third-order valence-corrected chi connectivity index (χ3v) is 4.34. The van der Waals surface area contributed by atoms with Gasteiger partial charge in [-0.15, -0.1) is 0 Å². The molecule has 2 aromatic heterocycles. The minimum atomic E-state index is 0.618. The number of nitrogens with zero attached hydrogens (tertiary/aromatic N) is 5. The van der Waals surface area contributed by atoms with Crippen molar-refractivity contribution in [2.75, 3.05) is 12.0 Å². The van der Waals surface area contributed by atoms with Gasteiger partial charge in [0.1, 0.15) is 11.6 Å². The quantitative estimate of drug-likeness (QED) is 0.327. The van der Waals surface area contributed by atoms with Crippen molar-refractivity contribution in [1.29, 1.82) is 0 Å². The van der Waals surface area contributed by atoms with Crippen molar-refractivity contribution in [3.8, 4) is 11.6 Å². The molecule has 152 valence electrons. The zero-order chi connectivity index (χ0) is 20.6. The second-order valence-corrected chi connectivity index (χ2v) is 6.99. The highest BCUT2D eigenvalue weighted by Gasteiger charge is 2.08. The summed E-state index contributed by atoms with van der Waals surface area (Å²) in [5, 5.41) is 8.77. The van der Waals surface area contributed by atoms with Crippen LogP contribution in [0.1, 0.15) is 49.0 Å². The Balaban J connectivity index is 1.62. The molecular formula is C22H28N6O. The number of rotatable bonds is 9. The van der Waals surface area contributed by atoms with Crippen molar-refractivity contribution in [3.05, 3.63) is 59.2 Å². The van der Waals surface area contributed by atoms with Crippen LogP contribution in [0.2, 0.25) is 0 Å². The Labute approximate surface area is 171 Å². The van der Waals surface area contributed by atoms with Crippen LogP contribution in [-0.4, -0.2) is 32.6 Å². The summed E-state index contributed by atoms with van der Waals surface area (Å²) in [6, 6.07) is 11.7. The molecular weight excluding hydrogens is 364 g/mol. The lowest BCUT2D eigenvalue weighted by molar-refractivity contribution is 0.306. The van der Waals surface area contributed by atoms with E-state index in [-0.39, 0.29) is 0 Å². The van der Waals surface area contributed by atoms with Crippen molar-refractivity contribution < 1.29 is 4.74 Å². The maximum atomic E-state index is 5.73. The maximum Gasteiger partial charge on any atom is 0.159 e. The Hall–Kier alpha value is -3.22. The molecule has 0 atom stereocenters. The zero-order valence-corrected chi connectivity index (χ0v) is 17.5. The lowest BCUT2D eigenvalue weighted by Gasteiger charge is -2.07. The number of aromatic nitrogens is 4. The molecule has 0 radical (unpaired) electrons. The van der Waals surface area contributed by atoms with E-state index < -0.39 is 0 Å². The van der Waals surface area contributed by atoms with E-state index in [0.717, 1.165) is 35.7 Å². The molecule has 0 bridgehead atoms. The van der Waals surface area contributed by atoms with Gasteiger partial charge in [-0.3, -0.25) is 5.43 Å². The molecule has 0 unspecified atom stereocenters. The summed E-state index contributed by atoms with van der Waals surface area (Å²) >= 11 is 0. The fourth-order valence-corrected chi connectivity index (χ4v) is 2.94. The van der Waals surface area contributed by atoms with Crippen LogP contribution >= 0.6 is 0 Å². The van der Waals surface area contributed by atoms with Crippen LogP contribution in [-0.2, 0) is 0 Å². The molecule has 3 rings (SSSR count). The van der Waals surface area contributed by atoms with Gasteiger partial charge in [0.2, 0.25) is 0 Å². The van der Waals surface area contributed by atoms with Gasteiger partial charge < -0.3 is 4.74 Å². The summed E-state index contributed by atoms with van der Waals surface area (Å²) < 4.78 is 7.53. The highest BCUT2D eigenvalue weighted by molar-refractivity contribution is 5.80. The molecule has 7 nitrogen and oxygen atoms in total. The van der Waals surface area contributed by atoms with Crippen molar-refractivity contribution in [1.82, 2.24) is 19.7 Å². The first-order valence-electron chi connectivity index (χ1n) is 9.96. The molecule has 1 aromatic carbocycles. The average Bonchev–Trinajstić information content (AvgIpc) is 3.04. The first kappa shape index (κ1) is 20.5. The monoisotopic (exact) mass is 392 g/mol. The van der Waals surface area contributed by atoms with E-state index in [0.29, 0.717) is 17.5 Å². The second-order valence-electron chi connectivity index (χ2n) is 6.99. The highest BCUT2D eigenvalue weighted by atomic mass is 16.5. The number of nitrogens with one attached hydrogen (secondary N) is 1. The molecule has 29 heavy (non-hydrogen) atoms. The lowest BCUT2D eigenvalue weighted by Crippen LogP contribution is -2.06. The molecule has 0 aliphatic carbocycles. The number of anilines is 1. The molecule has 3 aromatic rings. The lowest BCUT2D eigenvalue weighted by atomic mass is 10.2. The standard InChI is InChI=1S/C22H28N6O/c1-5-6-7-12-29-20-10-8-19(9-11-20)15-23-26-21-14-22(25-18(4)24-21)28-17(3)13-16(2)27-28/h8-11,13-15H,5-7,12H2,1-4H3,(H,24,25,26)/b23-15-. The largest absolute Gasteiger partial charge is 0.494 e. The van der Waals surface area contributed by atoms with E-state index in [1.165, 1.54) is 12.8 Å². The zero-order valence-electron chi connectivity index (χ0n) is 17.5. The minimum Gasteiger partial charge on any atom is -0.494 e. The van der Waals surface area contributed by atoms with Crippen LogP contribution in [0, 0.1) is 20.8 Å². The van der Waals surface area contributed by atoms with Crippen molar-refractivity contribution in [3.63, 3.8) is 0 Å². The number of unbranched alkanes of at least 4 members (excludes halogenated alkanes) is 2. The third kappa shape index (κ3) is 5.88. The molecule has 0 saturated heterocycles. The number of ether oxygens (including phenoxy) is 1. The Morgan fingerprint density at radius 1 is 1.07 bits per heavy atom. The fourth-order valence-electron chi connectivity index (χ4n) is 2.94. The SMILES string of the molecule is CCCCCOc1ccc(/C=N\Nc2cc(-n3nc(C)cc3C)nc(C)n2)cc1. The Morgan fingerprint density at radius 3 is 2.55 bits per heavy atom. The van der Waals surface area contributed by atoms with E-state index in [1.807, 2.05) is 57.2 Å². The van der Waals surface area contributed by atoms with Crippen LogP contribution in [0.15, 0.2) is 41.5 Å². The summed E-state index contributed by atoms with van der Waals surface area (Å²) in [6.45, 7) is 8.75. The van der Waals surface area contributed by atoms with Crippen LogP contribution in [0.5, 0.6) is 5.75 Å². The summed E-state index contributed by atoms with van der Waals surface area (Å²) in [6.07, 6.45) is 5.23. The topological polar surface area (TPSA) is 77.2 Å². The van der Waals surface area contributed by atoms with Gasteiger partial charge in [-0.25, -0.2) is 14.6 Å². The number of aryl methyl sites for hydroxylation is 3. The van der Waals surface area contributed by atoms with E-state index >= 15 is 0 Å². The van der Waals surface area contributed by atoms with E-state index in [9.17, 15) is 0 Å². The van der Waals surface area contributed by atoms with Gasteiger partial charge >= 0.3 is 0 Å². The van der Waals surface area contributed by atoms with Gasteiger partial charge in [0.25, 0.3) is 0 Å². The Bertz CT molecular complexity index is 962. The van der Waals surface area contributed by atoms with Crippen LogP contribution in [0.25, 0.3) is 5.82 Å². The molecule has 0 fully saturated rings. The molecule has 2 heterocycles. The smallest absolute Gasteiger partial charge is 0.159 e. The van der Waals surface area contributed by atoms with Gasteiger partial charge in [0.05, 0.1) is 18.5 Å². The number of hydrogen-bond acceptors (Lipinski definition) is 6. The van der Waals surface area contributed by atoms with E-state index in [1.54, 1.807) is 10.9 Å². The van der Waals surface area contributed by atoms with Crippen LogP contribution in [0.3, 0.4) is 0 Å². The summed E-state index contributed by atoms with van der Waals surface area (Å²) in [5.41, 5.74) is 5.92. The molecule has 0 saturated carbocycles.